The van der Waals surface area contributed by atoms with E-state index in [-0.39, 0.29) is 10.6 Å². The molecule has 7 nitrogen and oxygen atoms in total. The van der Waals surface area contributed by atoms with Crippen molar-refractivity contribution in [2.75, 3.05) is 45.6 Å². The molecule has 0 unspecified atom stereocenters. The Hall–Kier alpha value is -2.20. The second-order valence-electron chi connectivity index (χ2n) is 7.00. The highest BCUT2D eigenvalue weighted by atomic mass is 32.2. The summed E-state index contributed by atoms with van der Waals surface area (Å²) in [4.78, 5) is 2.21. The SMILES string of the molecule is COc1cccc(S(=O)(=O)CCN2CCN(S(=O)(=O)/C=C/c3ccccc3)CC2)c1. The van der Waals surface area contributed by atoms with Gasteiger partial charge in [-0.3, -0.25) is 4.90 Å². The normalized spacial score (nSPS) is 16.7. The van der Waals surface area contributed by atoms with E-state index >= 15 is 0 Å². The monoisotopic (exact) mass is 450 g/mol. The van der Waals surface area contributed by atoms with Crippen LogP contribution >= 0.6 is 0 Å². The van der Waals surface area contributed by atoms with Crippen LogP contribution in [0.25, 0.3) is 6.08 Å². The van der Waals surface area contributed by atoms with Crippen LogP contribution < -0.4 is 4.74 Å². The van der Waals surface area contributed by atoms with Crippen molar-refractivity contribution in [1.29, 1.82) is 0 Å². The molecule has 9 heteroatoms. The van der Waals surface area contributed by atoms with Crippen LogP contribution in [0, 0.1) is 0 Å². The Labute approximate surface area is 178 Å². The largest absolute Gasteiger partial charge is 0.497 e. The lowest BCUT2D eigenvalue weighted by Gasteiger charge is -2.33. The fourth-order valence-corrected chi connectivity index (χ4v) is 5.67. The lowest BCUT2D eigenvalue weighted by Crippen LogP contribution is -2.49. The van der Waals surface area contributed by atoms with Crippen molar-refractivity contribution >= 4 is 25.9 Å². The summed E-state index contributed by atoms with van der Waals surface area (Å²) in [5, 5.41) is 1.23. The molecule has 2 aromatic rings. The molecule has 0 aromatic heterocycles. The van der Waals surface area contributed by atoms with Gasteiger partial charge in [-0.1, -0.05) is 36.4 Å². The lowest BCUT2D eigenvalue weighted by molar-refractivity contribution is 0.198. The van der Waals surface area contributed by atoms with Gasteiger partial charge in [0, 0.05) is 38.1 Å². The summed E-state index contributed by atoms with van der Waals surface area (Å²) in [6.45, 7) is 2.01. The van der Waals surface area contributed by atoms with E-state index in [0.717, 1.165) is 5.56 Å². The van der Waals surface area contributed by atoms with Crippen LogP contribution in [-0.4, -0.2) is 71.6 Å². The Morgan fingerprint density at radius 3 is 2.30 bits per heavy atom. The van der Waals surface area contributed by atoms with Crippen LogP contribution in [0.15, 0.2) is 64.9 Å². The highest BCUT2D eigenvalue weighted by molar-refractivity contribution is 7.92. The molecule has 2 aromatic carbocycles. The number of sulfone groups is 1. The summed E-state index contributed by atoms with van der Waals surface area (Å²) in [5.41, 5.74) is 0.822. The molecule has 3 rings (SSSR count). The molecule has 0 amide bonds. The minimum atomic E-state index is -3.51. The number of hydrogen-bond acceptors (Lipinski definition) is 6. The number of benzene rings is 2. The summed E-state index contributed by atoms with van der Waals surface area (Å²) in [5.74, 6) is 0.472. The molecule has 0 radical (unpaired) electrons. The first-order valence-corrected chi connectivity index (χ1v) is 12.8. The van der Waals surface area contributed by atoms with Crippen molar-refractivity contribution in [1.82, 2.24) is 9.21 Å². The maximum atomic E-state index is 12.6. The summed E-state index contributed by atoms with van der Waals surface area (Å²) >= 11 is 0. The third-order valence-electron chi connectivity index (χ3n) is 5.00. The van der Waals surface area contributed by atoms with E-state index in [1.165, 1.54) is 22.9 Å². The molecule has 1 saturated heterocycles. The number of methoxy groups -OCH3 is 1. The summed E-state index contributed by atoms with van der Waals surface area (Å²) in [6, 6.07) is 15.7. The van der Waals surface area contributed by atoms with Crippen LogP contribution in [-0.2, 0) is 19.9 Å². The zero-order valence-electron chi connectivity index (χ0n) is 16.8. The first-order chi connectivity index (χ1) is 14.3. The number of nitrogens with zero attached hydrogens (tertiary/aromatic N) is 2. The van der Waals surface area contributed by atoms with E-state index in [9.17, 15) is 16.8 Å². The molecule has 1 aliphatic rings. The molecule has 0 N–H and O–H groups in total. The molecule has 0 saturated carbocycles. The minimum Gasteiger partial charge on any atom is -0.497 e. The van der Waals surface area contributed by atoms with Gasteiger partial charge in [-0.15, -0.1) is 0 Å². The van der Waals surface area contributed by atoms with Crippen LogP contribution in [0.2, 0.25) is 0 Å². The third kappa shape index (κ3) is 5.91. The van der Waals surface area contributed by atoms with Crippen molar-refractivity contribution in [2.45, 2.75) is 4.90 Å². The fourth-order valence-electron chi connectivity index (χ4n) is 3.18. The first kappa shape index (κ1) is 22.5. The van der Waals surface area contributed by atoms with Gasteiger partial charge in [0.05, 0.1) is 17.8 Å². The average Bonchev–Trinajstić information content (AvgIpc) is 2.77. The Bertz CT molecular complexity index is 1080. The van der Waals surface area contributed by atoms with Gasteiger partial charge in [-0.25, -0.2) is 16.8 Å². The first-order valence-electron chi connectivity index (χ1n) is 9.63. The zero-order valence-corrected chi connectivity index (χ0v) is 18.5. The molecule has 0 bridgehead atoms. The van der Waals surface area contributed by atoms with Crippen LogP contribution in [0.1, 0.15) is 5.56 Å². The molecule has 1 fully saturated rings. The van der Waals surface area contributed by atoms with Gasteiger partial charge in [0.2, 0.25) is 10.0 Å². The molecule has 30 heavy (non-hydrogen) atoms. The summed E-state index contributed by atoms with van der Waals surface area (Å²) in [6.07, 6.45) is 1.59. The van der Waals surface area contributed by atoms with Crippen molar-refractivity contribution in [2.24, 2.45) is 0 Å². The Kier molecular flexibility index (Phi) is 7.30. The Balaban J connectivity index is 1.53. The Morgan fingerprint density at radius 2 is 1.63 bits per heavy atom. The summed E-state index contributed by atoms with van der Waals surface area (Å²) < 4.78 is 56.8. The van der Waals surface area contributed by atoms with Crippen molar-refractivity contribution < 1.29 is 21.6 Å². The molecule has 1 heterocycles. The van der Waals surface area contributed by atoms with Gasteiger partial charge in [0.25, 0.3) is 0 Å². The van der Waals surface area contributed by atoms with Gasteiger partial charge in [-0.2, -0.15) is 4.31 Å². The molecule has 162 valence electrons. The second-order valence-corrected chi connectivity index (χ2v) is 10.9. The number of rotatable bonds is 8. The van der Waals surface area contributed by atoms with Crippen LogP contribution in [0.5, 0.6) is 5.75 Å². The van der Waals surface area contributed by atoms with Gasteiger partial charge in [-0.05, 0) is 29.8 Å². The third-order valence-corrected chi connectivity index (χ3v) is 8.26. The molecular weight excluding hydrogens is 424 g/mol. The quantitative estimate of drug-likeness (QED) is 0.612. The second kappa shape index (κ2) is 9.74. The molecule has 0 atom stereocenters. The standard InChI is InChI=1S/C21H26N2O5S2/c1-28-20-8-5-9-21(18-20)29(24,25)17-15-22-11-13-23(14-12-22)30(26,27)16-10-19-6-3-2-4-7-19/h2-10,16,18H,11-15,17H2,1H3/b16-10+. The number of ether oxygens (including phenoxy) is 1. The van der Waals surface area contributed by atoms with E-state index < -0.39 is 19.9 Å². The van der Waals surface area contributed by atoms with E-state index in [0.29, 0.717) is 38.5 Å². The number of hydrogen-bond donors (Lipinski definition) is 0. The summed E-state index contributed by atoms with van der Waals surface area (Å²) in [7, 11) is -5.45. The number of sulfonamides is 1. The predicted octanol–water partition coefficient (Wildman–Crippen LogP) is 2.09. The predicted molar refractivity (Wildman–Crippen MR) is 117 cm³/mol. The topological polar surface area (TPSA) is 84.0 Å². The van der Waals surface area contributed by atoms with E-state index in [1.807, 2.05) is 35.2 Å². The van der Waals surface area contributed by atoms with Gasteiger partial charge < -0.3 is 4.74 Å². The van der Waals surface area contributed by atoms with Crippen LogP contribution in [0.3, 0.4) is 0 Å². The van der Waals surface area contributed by atoms with Gasteiger partial charge >= 0.3 is 0 Å². The maximum Gasteiger partial charge on any atom is 0.236 e. The van der Waals surface area contributed by atoms with Crippen molar-refractivity contribution in [3.05, 3.63) is 65.6 Å². The van der Waals surface area contributed by atoms with E-state index in [2.05, 4.69) is 0 Å². The smallest absolute Gasteiger partial charge is 0.236 e. The minimum absolute atomic E-state index is 0.0270. The van der Waals surface area contributed by atoms with Gasteiger partial charge in [0.1, 0.15) is 5.75 Å². The maximum absolute atomic E-state index is 12.6. The highest BCUT2D eigenvalue weighted by Crippen LogP contribution is 2.19. The lowest BCUT2D eigenvalue weighted by atomic mass is 10.2. The fraction of sp³-hybridized carbons (Fsp3) is 0.333. The number of piperazine rings is 1. The molecule has 1 aliphatic heterocycles. The molecule has 0 spiro atoms. The van der Waals surface area contributed by atoms with E-state index in [1.54, 1.807) is 24.3 Å². The van der Waals surface area contributed by atoms with E-state index in [4.69, 9.17) is 4.74 Å². The van der Waals surface area contributed by atoms with Gasteiger partial charge in [0.15, 0.2) is 9.84 Å². The van der Waals surface area contributed by atoms with Crippen molar-refractivity contribution in [3.63, 3.8) is 0 Å². The van der Waals surface area contributed by atoms with Crippen LogP contribution in [0.4, 0.5) is 0 Å². The molecule has 0 aliphatic carbocycles. The Morgan fingerprint density at radius 1 is 0.933 bits per heavy atom. The average molecular weight is 451 g/mol. The van der Waals surface area contributed by atoms with Crippen molar-refractivity contribution in [3.8, 4) is 5.75 Å². The molecular formula is C21H26N2O5S2. The highest BCUT2D eigenvalue weighted by Gasteiger charge is 2.26. The zero-order chi connectivity index (χ0) is 21.6.